The average Bonchev–Trinajstić information content (AvgIpc) is 3.36. The second-order valence-electron chi connectivity index (χ2n) is 12.4. The zero-order valence-corrected chi connectivity index (χ0v) is 25.1. The Hall–Kier alpha value is -2.42. The molecule has 3 aliphatic rings. The van der Waals surface area contributed by atoms with Crippen LogP contribution in [0, 0.1) is 11.8 Å². The van der Waals surface area contributed by atoms with Gasteiger partial charge in [0.05, 0.1) is 12.1 Å². The van der Waals surface area contributed by atoms with Gasteiger partial charge in [0.15, 0.2) is 0 Å². The smallest absolute Gasteiger partial charge is 0.329 e. The second kappa shape index (κ2) is 13.8. The minimum Gasteiger partial charge on any atom is -0.461 e. The summed E-state index contributed by atoms with van der Waals surface area (Å²) in [5.74, 6) is -0.824. The van der Waals surface area contributed by atoms with Crippen molar-refractivity contribution in [3.8, 4) is 0 Å². The first-order valence-corrected chi connectivity index (χ1v) is 14.9. The first kappa shape index (κ1) is 31.1. The van der Waals surface area contributed by atoms with Gasteiger partial charge in [0.2, 0.25) is 17.7 Å². The Balaban J connectivity index is 1.71. The Morgan fingerprint density at radius 2 is 1.56 bits per heavy atom. The molecule has 2 aliphatic heterocycles. The van der Waals surface area contributed by atoms with Gasteiger partial charge in [-0.05, 0) is 77.3 Å². The highest BCUT2D eigenvalue weighted by Gasteiger charge is 2.38. The molecule has 2 saturated heterocycles. The molecule has 0 aromatic rings. The molecule has 0 spiro atoms. The van der Waals surface area contributed by atoms with E-state index < -0.39 is 12.1 Å². The van der Waals surface area contributed by atoms with E-state index in [1.54, 1.807) is 23.8 Å². The van der Waals surface area contributed by atoms with Crippen molar-refractivity contribution in [1.29, 1.82) is 0 Å². The monoisotopic (exact) mass is 546 g/mol. The van der Waals surface area contributed by atoms with Crippen molar-refractivity contribution < 1.29 is 23.9 Å². The van der Waals surface area contributed by atoms with E-state index in [1.807, 2.05) is 40.8 Å². The van der Waals surface area contributed by atoms with Gasteiger partial charge in [-0.3, -0.25) is 19.3 Å². The fourth-order valence-corrected chi connectivity index (χ4v) is 5.83. The number of nitrogens with zero attached hydrogens (tertiary/aromatic N) is 3. The third-order valence-corrected chi connectivity index (χ3v) is 8.66. The van der Waals surface area contributed by atoms with Crippen molar-refractivity contribution in [2.75, 3.05) is 27.2 Å². The number of likely N-dealkylation sites (N-methyl/N-ethyl adjacent to an activating group) is 2. The Morgan fingerprint density at radius 3 is 2.13 bits per heavy atom. The van der Waals surface area contributed by atoms with Gasteiger partial charge in [-0.15, -0.1) is 0 Å². The normalized spacial score (nSPS) is 24.3. The van der Waals surface area contributed by atoms with Crippen molar-refractivity contribution in [2.24, 2.45) is 11.8 Å². The highest BCUT2D eigenvalue weighted by molar-refractivity contribution is 5.96. The molecule has 0 aromatic carbocycles. The lowest BCUT2D eigenvalue weighted by molar-refractivity contribution is -0.160. The third kappa shape index (κ3) is 7.62. The maximum Gasteiger partial charge on any atom is 0.329 e. The lowest BCUT2D eigenvalue weighted by atomic mass is 9.95. The summed E-state index contributed by atoms with van der Waals surface area (Å²) in [6, 6.07) is -1.77. The predicted molar refractivity (Wildman–Crippen MR) is 151 cm³/mol. The summed E-state index contributed by atoms with van der Waals surface area (Å²) in [7, 11) is 3.70. The van der Waals surface area contributed by atoms with Gasteiger partial charge in [0.1, 0.15) is 18.2 Å². The molecular weight excluding hydrogens is 496 g/mol. The number of hydrogen-bond acceptors (Lipinski definition) is 6. The van der Waals surface area contributed by atoms with Crippen LogP contribution in [0.4, 0.5) is 0 Å². The van der Waals surface area contributed by atoms with E-state index in [4.69, 9.17) is 4.74 Å². The maximum absolute atomic E-state index is 13.7. The number of likely N-dealkylation sites (tertiary alicyclic amines) is 2. The van der Waals surface area contributed by atoms with Crippen LogP contribution >= 0.6 is 0 Å². The SMILES string of the molecule is C/C(=C\[C@H](C(C)C)N(C)C(=O)C(NC(=O)C1CCCCN1C)C(C)C)C(=O)N1CCCC1C(=O)OC1CCC1. The molecule has 2 heterocycles. The number of rotatable bonds is 10. The quantitative estimate of drug-likeness (QED) is 0.334. The molecule has 3 unspecified atom stereocenters. The molecule has 0 aromatic heterocycles. The molecule has 3 rings (SSSR count). The first-order valence-electron chi connectivity index (χ1n) is 14.9. The van der Waals surface area contributed by atoms with E-state index in [-0.39, 0.29) is 53.7 Å². The van der Waals surface area contributed by atoms with E-state index >= 15 is 0 Å². The molecule has 3 amide bonds. The molecule has 39 heavy (non-hydrogen) atoms. The number of hydrogen-bond donors (Lipinski definition) is 1. The van der Waals surface area contributed by atoms with Crippen molar-refractivity contribution in [1.82, 2.24) is 20.0 Å². The zero-order valence-electron chi connectivity index (χ0n) is 25.1. The van der Waals surface area contributed by atoms with Crippen molar-refractivity contribution >= 4 is 23.7 Å². The van der Waals surface area contributed by atoms with Gasteiger partial charge in [0.25, 0.3) is 0 Å². The summed E-state index contributed by atoms with van der Waals surface area (Å²) in [6.45, 7) is 11.0. The van der Waals surface area contributed by atoms with Crippen molar-refractivity contribution in [3.05, 3.63) is 11.6 Å². The zero-order chi connectivity index (χ0) is 28.9. The summed E-state index contributed by atoms with van der Waals surface area (Å²) in [5, 5.41) is 3.04. The number of nitrogens with one attached hydrogen (secondary N) is 1. The Kier molecular flexibility index (Phi) is 11.0. The fourth-order valence-electron chi connectivity index (χ4n) is 5.83. The maximum atomic E-state index is 13.7. The van der Waals surface area contributed by atoms with Crippen LogP contribution in [-0.2, 0) is 23.9 Å². The van der Waals surface area contributed by atoms with Crippen LogP contribution in [0.25, 0.3) is 0 Å². The standard InChI is InChI=1S/C30H50N4O5/c1-19(2)25(18-21(5)28(36)34-17-11-15-24(34)30(38)39-22-12-10-13-22)33(7)29(37)26(20(3)4)31-27(35)23-14-8-9-16-32(23)6/h18-20,22-26H,8-17H2,1-7H3,(H,31,35)/b21-18+/t23?,24?,25-,26?/m1/s1. The molecular formula is C30H50N4O5. The highest BCUT2D eigenvalue weighted by atomic mass is 16.5. The number of esters is 1. The summed E-state index contributed by atoms with van der Waals surface area (Å²) in [5.41, 5.74) is 0.505. The minimum absolute atomic E-state index is 0.00965. The molecule has 9 heteroatoms. The molecule has 1 N–H and O–H groups in total. The van der Waals surface area contributed by atoms with E-state index in [1.165, 1.54) is 0 Å². The summed E-state index contributed by atoms with van der Waals surface area (Å²) in [6.07, 6.45) is 8.96. The summed E-state index contributed by atoms with van der Waals surface area (Å²) in [4.78, 5) is 58.4. The minimum atomic E-state index is -0.660. The van der Waals surface area contributed by atoms with Crippen LogP contribution in [0.1, 0.15) is 86.0 Å². The Morgan fingerprint density at radius 1 is 0.897 bits per heavy atom. The van der Waals surface area contributed by atoms with Gasteiger partial charge in [-0.1, -0.05) is 40.2 Å². The number of carbonyl (C=O) groups is 4. The Labute approximate surface area is 234 Å². The first-order chi connectivity index (χ1) is 18.4. The highest BCUT2D eigenvalue weighted by Crippen LogP contribution is 2.27. The largest absolute Gasteiger partial charge is 0.461 e. The number of ether oxygens (including phenoxy) is 1. The fraction of sp³-hybridized carbons (Fsp3) is 0.800. The summed E-state index contributed by atoms with van der Waals surface area (Å²) >= 11 is 0. The van der Waals surface area contributed by atoms with Gasteiger partial charge >= 0.3 is 5.97 Å². The van der Waals surface area contributed by atoms with E-state index in [0.717, 1.165) is 51.5 Å². The molecule has 1 saturated carbocycles. The van der Waals surface area contributed by atoms with Gasteiger partial charge < -0.3 is 19.9 Å². The third-order valence-electron chi connectivity index (χ3n) is 8.66. The number of carbonyl (C=O) groups excluding carboxylic acids is 4. The molecule has 220 valence electrons. The molecule has 3 fully saturated rings. The van der Waals surface area contributed by atoms with E-state index in [0.29, 0.717) is 18.5 Å². The van der Waals surface area contributed by atoms with Gasteiger partial charge in [0, 0.05) is 19.2 Å². The van der Waals surface area contributed by atoms with Crippen molar-refractivity contribution in [3.63, 3.8) is 0 Å². The van der Waals surface area contributed by atoms with Crippen LogP contribution in [0.3, 0.4) is 0 Å². The van der Waals surface area contributed by atoms with Gasteiger partial charge in [-0.2, -0.15) is 0 Å². The molecule has 0 radical (unpaired) electrons. The van der Waals surface area contributed by atoms with Crippen LogP contribution in [0.5, 0.6) is 0 Å². The topological polar surface area (TPSA) is 99.3 Å². The molecule has 4 atom stereocenters. The molecule has 9 nitrogen and oxygen atoms in total. The lowest BCUT2D eigenvalue weighted by Crippen LogP contribution is -2.57. The lowest BCUT2D eigenvalue weighted by Gasteiger charge is -2.36. The Bertz CT molecular complexity index is 928. The average molecular weight is 547 g/mol. The van der Waals surface area contributed by atoms with Crippen LogP contribution in [-0.4, -0.2) is 95.8 Å². The van der Waals surface area contributed by atoms with Crippen LogP contribution in [0.2, 0.25) is 0 Å². The van der Waals surface area contributed by atoms with Crippen LogP contribution in [0.15, 0.2) is 11.6 Å². The molecule has 0 bridgehead atoms. The van der Waals surface area contributed by atoms with Crippen molar-refractivity contribution in [2.45, 2.75) is 116 Å². The van der Waals surface area contributed by atoms with Gasteiger partial charge in [-0.25, -0.2) is 4.79 Å². The summed E-state index contributed by atoms with van der Waals surface area (Å²) < 4.78 is 5.61. The predicted octanol–water partition coefficient (Wildman–Crippen LogP) is 3.13. The van der Waals surface area contributed by atoms with E-state index in [2.05, 4.69) is 10.2 Å². The number of piperidine rings is 1. The van der Waals surface area contributed by atoms with Crippen LogP contribution < -0.4 is 5.32 Å². The van der Waals surface area contributed by atoms with E-state index in [9.17, 15) is 19.2 Å². The molecule has 1 aliphatic carbocycles. The second-order valence-corrected chi connectivity index (χ2v) is 12.4. The number of amides is 3.